The zero-order chi connectivity index (χ0) is 10.8. The van der Waals surface area contributed by atoms with Crippen molar-refractivity contribution in [1.29, 1.82) is 0 Å². The molecule has 1 aliphatic carbocycles. The number of hydrogen-bond donors (Lipinski definition) is 1. The molecule has 2 rings (SSSR count). The van der Waals surface area contributed by atoms with Gasteiger partial charge in [-0.25, -0.2) is 0 Å². The molecule has 1 aliphatic heterocycles. The molecule has 1 heterocycles. The summed E-state index contributed by atoms with van der Waals surface area (Å²) in [6, 6.07) is 0. The fraction of sp³-hybridized carbons (Fsp3) is 1.00. The molecule has 88 valence electrons. The summed E-state index contributed by atoms with van der Waals surface area (Å²) in [4.78, 5) is 4.71. The van der Waals surface area contributed by atoms with Crippen LogP contribution in [0.15, 0.2) is 0 Å². The number of hydrogen-bond acceptors (Lipinski definition) is 3. The molecule has 0 radical (unpaired) electrons. The molecule has 1 N–H and O–H groups in total. The lowest BCUT2D eigenvalue weighted by Gasteiger charge is -2.23. The van der Waals surface area contributed by atoms with Crippen LogP contribution < -0.4 is 0 Å². The Morgan fingerprint density at radius 2 is 2.13 bits per heavy atom. The summed E-state index contributed by atoms with van der Waals surface area (Å²) in [7, 11) is 4.34. The summed E-state index contributed by atoms with van der Waals surface area (Å²) >= 11 is 0. The zero-order valence-corrected chi connectivity index (χ0v) is 10.0. The van der Waals surface area contributed by atoms with Crippen LogP contribution in [0.4, 0.5) is 0 Å². The molecule has 3 nitrogen and oxygen atoms in total. The second-order valence-corrected chi connectivity index (χ2v) is 5.54. The van der Waals surface area contributed by atoms with Crippen molar-refractivity contribution in [2.24, 2.45) is 11.8 Å². The van der Waals surface area contributed by atoms with Crippen LogP contribution in [-0.4, -0.2) is 61.3 Å². The summed E-state index contributed by atoms with van der Waals surface area (Å²) in [6.45, 7) is 4.48. The maximum Gasteiger partial charge on any atom is 0.0695 e. The van der Waals surface area contributed by atoms with Crippen molar-refractivity contribution < 1.29 is 5.11 Å². The standard InChI is InChI=1S/C12H24N2O/c1-13-6-5-10(7-13)8-14(2)9-12(15)11-3-4-11/h10-12,15H,3-9H2,1-2H3. The lowest BCUT2D eigenvalue weighted by Crippen LogP contribution is -2.34. The molecule has 0 spiro atoms. The van der Waals surface area contributed by atoms with Crippen LogP contribution in [0.5, 0.6) is 0 Å². The largest absolute Gasteiger partial charge is 0.392 e. The maximum atomic E-state index is 9.83. The van der Waals surface area contributed by atoms with Crippen LogP contribution in [0, 0.1) is 11.8 Å². The first-order chi connectivity index (χ1) is 7.15. The molecule has 0 bridgehead atoms. The second-order valence-electron chi connectivity index (χ2n) is 5.54. The van der Waals surface area contributed by atoms with Gasteiger partial charge in [-0.05, 0) is 51.7 Å². The Morgan fingerprint density at radius 3 is 2.67 bits per heavy atom. The summed E-state index contributed by atoms with van der Waals surface area (Å²) < 4.78 is 0. The van der Waals surface area contributed by atoms with E-state index in [9.17, 15) is 5.11 Å². The van der Waals surface area contributed by atoms with Crippen LogP contribution in [0.2, 0.25) is 0 Å². The Labute approximate surface area is 93.1 Å². The van der Waals surface area contributed by atoms with E-state index in [0.717, 1.165) is 19.0 Å². The smallest absolute Gasteiger partial charge is 0.0695 e. The van der Waals surface area contributed by atoms with Crippen molar-refractivity contribution in [3.63, 3.8) is 0 Å². The Hall–Kier alpha value is -0.120. The fourth-order valence-corrected chi connectivity index (χ4v) is 2.64. The first-order valence-corrected chi connectivity index (χ1v) is 6.20. The molecule has 0 aromatic carbocycles. The minimum absolute atomic E-state index is 0.0749. The number of likely N-dealkylation sites (tertiary alicyclic amines) is 1. The molecule has 3 heteroatoms. The number of rotatable bonds is 5. The topological polar surface area (TPSA) is 26.7 Å². The quantitative estimate of drug-likeness (QED) is 0.724. The third kappa shape index (κ3) is 3.44. The van der Waals surface area contributed by atoms with Gasteiger partial charge in [0.1, 0.15) is 0 Å². The van der Waals surface area contributed by atoms with E-state index < -0.39 is 0 Å². The van der Waals surface area contributed by atoms with E-state index in [1.54, 1.807) is 0 Å². The van der Waals surface area contributed by atoms with E-state index in [1.165, 1.54) is 32.4 Å². The van der Waals surface area contributed by atoms with Crippen molar-refractivity contribution in [3.8, 4) is 0 Å². The lowest BCUT2D eigenvalue weighted by atomic mass is 10.1. The monoisotopic (exact) mass is 212 g/mol. The first-order valence-electron chi connectivity index (χ1n) is 6.20. The highest BCUT2D eigenvalue weighted by Gasteiger charge is 2.30. The van der Waals surface area contributed by atoms with Gasteiger partial charge in [0.15, 0.2) is 0 Å². The molecule has 2 fully saturated rings. The van der Waals surface area contributed by atoms with Crippen LogP contribution in [-0.2, 0) is 0 Å². The van der Waals surface area contributed by atoms with Gasteiger partial charge in [0, 0.05) is 19.6 Å². The average molecular weight is 212 g/mol. The normalized spacial score (nSPS) is 30.0. The Balaban J connectivity index is 1.65. The van der Waals surface area contributed by atoms with E-state index in [1.807, 2.05) is 0 Å². The van der Waals surface area contributed by atoms with E-state index >= 15 is 0 Å². The fourth-order valence-electron chi connectivity index (χ4n) is 2.64. The Morgan fingerprint density at radius 1 is 1.40 bits per heavy atom. The van der Waals surface area contributed by atoms with Gasteiger partial charge in [0.25, 0.3) is 0 Å². The number of aliphatic hydroxyl groups excluding tert-OH is 1. The summed E-state index contributed by atoms with van der Waals surface area (Å²) in [5, 5.41) is 9.83. The third-order valence-electron chi connectivity index (χ3n) is 3.72. The van der Waals surface area contributed by atoms with Gasteiger partial charge in [-0.3, -0.25) is 0 Å². The summed E-state index contributed by atoms with van der Waals surface area (Å²) in [5.41, 5.74) is 0. The summed E-state index contributed by atoms with van der Waals surface area (Å²) in [6.07, 6.45) is 3.72. The molecule has 2 atom stereocenters. The van der Waals surface area contributed by atoms with Gasteiger partial charge in [-0.15, -0.1) is 0 Å². The van der Waals surface area contributed by atoms with Crippen molar-refractivity contribution in [2.75, 3.05) is 40.3 Å². The predicted molar refractivity (Wildman–Crippen MR) is 61.8 cm³/mol. The molecule has 2 unspecified atom stereocenters. The number of nitrogens with zero attached hydrogens (tertiary/aromatic N) is 2. The van der Waals surface area contributed by atoms with Gasteiger partial charge in [0.2, 0.25) is 0 Å². The van der Waals surface area contributed by atoms with Crippen molar-refractivity contribution in [1.82, 2.24) is 9.80 Å². The molecular weight excluding hydrogens is 188 g/mol. The maximum absolute atomic E-state index is 9.83. The van der Waals surface area contributed by atoms with Crippen LogP contribution in [0.25, 0.3) is 0 Å². The van der Waals surface area contributed by atoms with Gasteiger partial charge in [-0.2, -0.15) is 0 Å². The molecule has 0 aromatic heterocycles. The Kier molecular flexibility index (Phi) is 3.65. The van der Waals surface area contributed by atoms with Gasteiger partial charge >= 0.3 is 0 Å². The highest BCUT2D eigenvalue weighted by molar-refractivity contribution is 4.83. The molecule has 15 heavy (non-hydrogen) atoms. The summed E-state index contributed by atoms with van der Waals surface area (Å²) in [5.74, 6) is 1.42. The lowest BCUT2D eigenvalue weighted by molar-refractivity contribution is 0.100. The SMILES string of the molecule is CN1CCC(CN(C)CC(O)C2CC2)C1. The number of aliphatic hydroxyl groups is 1. The first kappa shape index (κ1) is 11.4. The Bertz CT molecular complexity index is 206. The third-order valence-corrected chi connectivity index (χ3v) is 3.72. The molecule has 0 aromatic rings. The van der Waals surface area contributed by atoms with Crippen LogP contribution in [0.3, 0.4) is 0 Å². The number of likely N-dealkylation sites (N-methyl/N-ethyl adjacent to an activating group) is 1. The average Bonchev–Trinajstić information content (AvgIpc) is 2.92. The van der Waals surface area contributed by atoms with Gasteiger partial charge in [-0.1, -0.05) is 0 Å². The van der Waals surface area contributed by atoms with Crippen molar-refractivity contribution >= 4 is 0 Å². The second kappa shape index (κ2) is 4.81. The van der Waals surface area contributed by atoms with Crippen LogP contribution in [0.1, 0.15) is 19.3 Å². The van der Waals surface area contributed by atoms with Crippen molar-refractivity contribution in [2.45, 2.75) is 25.4 Å². The van der Waals surface area contributed by atoms with E-state index in [2.05, 4.69) is 23.9 Å². The van der Waals surface area contributed by atoms with Gasteiger partial charge in [0.05, 0.1) is 6.10 Å². The molecule has 2 aliphatic rings. The predicted octanol–water partition coefficient (Wildman–Crippen LogP) is 0.641. The van der Waals surface area contributed by atoms with Crippen molar-refractivity contribution in [3.05, 3.63) is 0 Å². The van der Waals surface area contributed by atoms with Gasteiger partial charge < -0.3 is 14.9 Å². The molecular formula is C12H24N2O. The van der Waals surface area contributed by atoms with Crippen LogP contribution >= 0.6 is 0 Å². The zero-order valence-electron chi connectivity index (χ0n) is 10.0. The minimum atomic E-state index is -0.0749. The highest BCUT2D eigenvalue weighted by atomic mass is 16.3. The highest BCUT2D eigenvalue weighted by Crippen LogP contribution is 2.32. The van der Waals surface area contributed by atoms with E-state index in [4.69, 9.17) is 0 Å². The molecule has 1 saturated carbocycles. The van der Waals surface area contributed by atoms with E-state index in [-0.39, 0.29) is 6.10 Å². The van der Waals surface area contributed by atoms with E-state index in [0.29, 0.717) is 5.92 Å². The molecule has 1 saturated heterocycles. The minimum Gasteiger partial charge on any atom is -0.392 e. The molecule has 0 amide bonds.